The number of nitrogens with zero attached hydrogens (tertiary/aromatic N) is 2. The van der Waals surface area contributed by atoms with Gasteiger partial charge in [0.2, 0.25) is 0 Å². The van der Waals surface area contributed by atoms with E-state index in [4.69, 9.17) is 5.73 Å². The number of nitrogen functional groups attached to an aromatic ring is 1. The van der Waals surface area contributed by atoms with Crippen LogP contribution in [0.1, 0.15) is 24.6 Å². The molecule has 0 aromatic carbocycles. The van der Waals surface area contributed by atoms with Crippen LogP contribution in [-0.2, 0) is 0 Å². The zero-order valence-electron chi connectivity index (χ0n) is 8.68. The molecular formula is C11H12N4S. The van der Waals surface area contributed by atoms with Gasteiger partial charge < -0.3 is 11.1 Å². The average molecular weight is 232 g/mol. The van der Waals surface area contributed by atoms with E-state index in [1.807, 2.05) is 16.8 Å². The number of aromatic nitrogens is 2. The molecule has 2 heterocycles. The van der Waals surface area contributed by atoms with E-state index in [2.05, 4.69) is 15.3 Å². The van der Waals surface area contributed by atoms with E-state index in [0.29, 0.717) is 11.7 Å². The van der Waals surface area contributed by atoms with Gasteiger partial charge in [0.05, 0.1) is 5.69 Å². The van der Waals surface area contributed by atoms with Gasteiger partial charge in [-0.15, -0.1) is 0 Å². The van der Waals surface area contributed by atoms with Gasteiger partial charge in [-0.1, -0.05) is 0 Å². The molecule has 1 saturated carbocycles. The summed E-state index contributed by atoms with van der Waals surface area (Å²) in [7, 11) is 0. The lowest BCUT2D eigenvalue weighted by Gasteiger charge is -2.06. The van der Waals surface area contributed by atoms with Crippen LogP contribution in [0.25, 0.3) is 0 Å². The first-order valence-electron chi connectivity index (χ1n) is 5.25. The van der Waals surface area contributed by atoms with Crippen LogP contribution in [0.5, 0.6) is 0 Å². The molecule has 0 atom stereocenters. The maximum atomic E-state index is 5.77. The predicted octanol–water partition coefficient (Wildman–Crippen LogP) is 2.74. The van der Waals surface area contributed by atoms with Crippen molar-refractivity contribution in [3.05, 3.63) is 28.7 Å². The second-order valence-electron chi connectivity index (χ2n) is 3.95. The minimum Gasteiger partial charge on any atom is -0.384 e. The number of nitrogens with one attached hydrogen (secondary N) is 1. The van der Waals surface area contributed by atoms with Crippen LogP contribution in [0, 0.1) is 0 Å². The van der Waals surface area contributed by atoms with Crippen LogP contribution in [0.2, 0.25) is 0 Å². The summed E-state index contributed by atoms with van der Waals surface area (Å²) in [5, 5.41) is 7.29. The molecule has 82 valence electrons. The highest BCUT2D eigenvalue weighted by atomic mass is 32.1. The molecule has 1 aliphatic carbocycles. The Hall–Kier alpha value is -1.62. The smallest absolute Gasteiger partial charge is 0.136 e. The highest BCUT2D eigenvalue weighted by Crippen LogP contribution is 2.38. The number of thiophene rings is 1. The van der Waals surface area contributed by atoms with Gasteiger partial charge in [0.15, 0.2) is 0 Å². The van der Waals surface area contributed by atoms with Gasteiger partial charge in [-0.2, -0.15) is 11.3 Å². The zero-order chi connectivity index (χ0) is 11.0. The summed E-state index contributed by atoms with van der Waals surface area (Å²) in [6.45, 7) is 0. The summed E-state index contributed by atoms with van der Waals surface area (Å²) in [6, 6.07) is 3.78. The van der Waals surface area contributed by atoms with Gasteiger partial charge in [-0.05, 0) is 24.3 Å². The Labute approximate surface area is 97.5 Å². The Kier molecular flexibility index (Phi) is 2.25. The van der Waals surface area contributed by atoms with Crippen molar-refractivity contribution >= 4 is 28.7 Å². The van der Waals surface area contributed by atoms with Crippen LogP contribution < -0.4 is 11.1 Å². The summed E-state index contributed by atoms with van der Waals surface area (Å²) in [6.07, 6.45) is 2.36. The van der Waals surface area contributed by atoms with E-state index in [1.54, 1.807) is 17.4 Å². The number of rotatable bonds is 3. The Balaban J connectivity index is 1.88. The van der Waals surface area contributed by atoms with Crippen LogP contribution in [-0.4, -0.2) is 9.97 Å². The molecule has 2 aromatic heterocycles. The Morgan fingerprint density at radius 2 is 2.25 bits per heavy atom. The summed E-state index contributed by atoms with van der Waals surface area (Å²) >= 11 is 1.65. The van der Waals surface area contributed by atoms with Gasteiger partial charge in [-0.25, -0.2) is 9.97 Å². The molecular weight excluding hydrogens is 220 g/mol. The zero-order valence-corrected chi connectivity index (χ0v) is 9.50. The van der Waals surface area contributed by atoms with Gasteiger partial charge in [0, 0.05) is 17.4 Å². The van der Waals surface area contributed by atoms with Crippen molar-refractivity contribution in [1.29, 1.82) is 0 Å². The van der Waals surface area contributed by atoms with Crippen molar-refractivity contribution in [3.63, 3.8) is 0 Å². The number of nitrogens with two attached hydrogens (primary N) is 1. The monoisotopic (exact) mass is 232 g/mol. The van der Waals surface area contributed by atoms with Crippen LogP contribution in [0.15, 0.2) is 22.9 Å². The molecule has 0 spiro atoms. The first-order chi connectivity index (χ1) is 7.81. The fourth-order valence-corrected chi connectivity index (χ4v) is 2.14. The molecule has 1 fully saturated rings. The number of anilines is 3. The summed E-state index contributed by atoms with van der Waals surface area (Å²) in [5.41, 5.74) is 6.81. The van der Waals surface area contributed by atoms with Gasteiger partial charge >= 0.3 is 0 Å². The highest BCUT2D eigenvalue weighted by molar-refractivity contribution is 7.08. The standard InChI is InChI=1S/C11H12N4S/c12-9-5-10(13-8-3-4-16-6-8)15-11(14-9)7-1-2-7/h3-7H,1-2H2,(H3,12,13,14,15). The van der Waals surface area contributed by atoms with Crippen molar-refractivity contribution in [2.75, 3.05) is 11.1 Å². The Morgan fingerprint density at radius 3 is 2.94 bits per heavy atom. The summed E-state index contributed by atoms with van der Waals surface area (Å²) < 4.78 is 0. The van der Waals surface area contributed by atoms with E-state index in [0.717, 1.165) is 17.3 Å². The van der Waals surface area contributed by atoms with E-state index < -0.39 is 0 Å². The molecule has 0 radical (unpaired) electrons. The summed E-state index contributed by atoms with van der Waals surface area (Å²) in [5.74, 6) is 2.71. The number of hydrogen-bond donors (Lipinski definition) is 2. The van der Waals surface area contributed by atoms with E-state index >= 15 is 0 Å². The maximum Gasteiger partial charge on any atom is 0.136 e. The molecule has 5 heteroatoms. The first-order valence-corrected chi connectivity index (χ1v) is 6.19. The molecule has 0 bridgehead atoms. The van der Waals surface area contributed by atoms with Crippen molar-refractivity contribution in [2.24, 2.45) is 0 Å². The quantitative estimate of drug-likeness (QED) is 0.854. The number of hydrogen-bond acceptors (Lipinski definition) is 5. The molecule has 3 rings (SSSR count). The largest absolute Gasteiger partial charge is 0.384 e. The van der Waals surface area contributed by atoms with Gasteiger partial charge in [0.1, 0.15) is 17.5 Å². The molecule has 0 saturated heterocycles. The van der Waals surface area contributed by atoms with E-state index in [-0.39, 0.29) is 0 Å². The second kappa shape index (κ2) is 3.75. The molecule has 3 N–H and O–H groups in total. The molecule has 1 aliphatic rings. The van der Waals surface area contributed by atoms with E-state index in [9.17, 15) is 0 Å². The molecule has 4 nitrogen and oxygen atoms in total. The predicted molar refractivity (Wildman–Crippen MR) is 66.0 cm³/mol. The topological polar surface area (TPSA) is 63.8 Å². The minimum absolute atomic E-state index is 0.520. The lowest BCUT2D eigenvalue weighted by atomic mass is 10.3. The third kappa shape index (κ3) is 1.99. The lowest BCUT2D eigenvalue weighted by Crippen LogP contribution is -2.02. The summed E-state index contributed by atoms with van der Waals surface area (Å²) in [4.78, 5) is 8.73. The van der Waals surface area contributed by atoms with Gasteiger partial charge in [-0.3, -0.25) is 0 Å². The van der Waals surface area contributed by atoms with Crippen molar-refractivity contribution in [3.8, 4) is 0 Å². The average Bonchev–Trinajstić information content (AvgIpc) is 2.98. The minimum atomic E-state index is 0.520. The molecule has 0 unspecified atom stereocenters. The fraction of sp³-hybridized carbons (Fsp3) is 0.273. The van der Waals surface area contributed by atoms with Crippen LogP contribution >= 0.6 is 11.3 Å². The normalized spacial score (nSPS) is 15.0. The van der Waals surface area contributed by atoms with Crippen molar-refractivity contribution in [2.45, 2.75) is 18.8 Å². The fourth-order valence-electron chi connectivity index (χ4n) is 1.56. The lowest BCUT2D eigenvalue weighted by molar-refractivity contribution is 0.936. The Bertz CT molecular complexity index is 491. The van der Waals surface area contributed by atoms with Crippen LogP contribution in [0.4, 0.5) is 17.3 Å². The second-order valence-corrected chi connectivity index (χ2v) is 4.73. The maximum absolute atomic E-state index is 5.77. The SMILES string of the molecule is Nc1cc(Nc2ccsc2)nc(C2CC2)n1. The van der Waals surface area contributed by atoms with Crippen molar-refractivity contribution < 1.29 is 0 Å². The third-order valence-corrected chi connectivity index (χ3v) is 3.18. The first kappa shape index (κ1) is 9.59. The van der Waals surface area contributed by atoms with E-state index in [1.165, 1.54) is 12.8 Å². The third-order valence-electron chi connectivity index (χ3n) is 2.50. The Morgan fingerprint density at radius 1 is 1.38 bits per heavy atom. The van der Waals surface area contributed by atoms with Gasteiger partial charge in [0.25, 0.3) is 0 Å². The van der Waals surface area contributed by atoms with Crippen molar-refractivity contribution in [1.82, 2.24) is 9.97 Å². The molecule has 16 heavy (non-hydrogen) atoms. The molecule has 0 aliphatic heterocycles. The van der Waals surface area contributed by atoms with Crippen LogP contribution in [0.3, 0.4) is 0 Å². The highest BCUT2D eigenvalue weighted by Gasteiger charge is 2.27. The molecule has 0 amide bonds. The molecule has 2 aromatic rings.